The average molecular weight is 272 g/mol. The molecule has 0 fully saturated rings. The number of nitrogens with two attached hydrogens (primary N) is 1. The van der Waals surface area contributed by atoms with Gasteiger partial charge in [0.1, 0.15) is 5.75 Å². The summed E-state index contributed by atoms with van der Waals surface area (Å²) in [5.41, 5.74) is 8.11. The minimum absolute atomic E-state index is 0.0225. The van der Waals surface area contributed by atoms with Crippen LogP contribution in [0.25, 0.3) is 0 Å². The maximum atomic E-state index is 5.98. The van der Waals surface area contributed by atoms with Gasteiger partial charge in [-0.2, -0.15) is 0 Å². The maximum Gasteiger partial charge on any atom is 0.122 e. The van der Waals surface area contributed by atoms with E-state index in [1.54, 1.807) is 0 Å². The van der Waals surface area contributed by atoms with Gasteiger partial charge in [-0.3, -0.25) is 4.68 Å². The van der Waals surface area contributed by atoms with E-state index in [2.05, 4.69) is 29.4 Å². The highest BCUT2D eigenvalue weighted by Gasteiger charge is 2.22. The van der Waals surface area contributed by atoms with E-state index in [0.29, 0.717) is 5.92 Å². The van der Waals surface area contributed by atoms with E-state index in [9.17, 15) is 0 Å². The van der Waals surface area contributed by atoms with Crippen LogP contribution in [0.5, 0.6) is 5.75 Å². The molecule has 2 atom stereocenters. The largest absolute Gasteiger partial charge is 0.493 e. The molecule has 2 aromatic rings. The van der Waals surface area contributed by atoms with Crippen molar-refractivity contribution in [3.05, 3.63) is 41.7 Å². The molecule has 0 saturated carbocycles. The Bertz CT molecular complexity index is 581. The second-order valence-corrected chi connectivity index (χ2v) is 5.25. The molecule has 1 aromatic carbocycles. The number of hydrogen-bond acceptors (Lipinski definition) is 4. The lowest BCUT2D eigenvalue weighted by Gasteiger charge is -2.25. The van der Waals surface area contributed by atoms with Gasteiger partial charge >= 0.3 is 0 Å². The first-order chi connectivity index (χ1) is 9.78. The normalized spacial score (nSPS) is 19.2. The number of fused-ring (bicyclic) bond motifs is 1. The quantitative estimate of drug-likeness (QED) is 0.927. The summed E-state index contributed by atoms with van der Waals surface area (Å²) in [5, 5.41) is 8.36. The zero-order chi connectivity index (χ0) is 13.9. The Hall–Kier alpha value is -1.88. The van der Waals surface area contributed by atoms with E-state index in [0.717, 1.165) is 37.4 Å². The molecule has 0 radical (unpaired) electrons. The third-order valence-corrected chi connectivity index (χ3v) is 3.87. The minimum Gasteiger partial charge on any atom is -0.493 e. The molecule has 0 spiro atoms. The van der Waals surface area contributed by atoms with Crippen LogP contribution in [0.15, 0.2) is 30.5 Å². The molecular weight excluding hydrogens is 252 g/mol. The van der Waals surface area contributed by atoms with Crippen molar-refractivity contribution in [2.24, 2.45) is 5.73 Å². The highest BCUT2D eigenvalue weighted by molar-refractivity contribution is 5.37. The van der Waals surface area contributed by atoms with Crippen LogP contribution in [0.2, 0.25) is 0 Å². The molecule has 0 saturated heterocycles. The lowest BCUT2D eigenvalue weighted by atomic mass is 9.93. The Kier molecular flexibility index (Phi) is 3.69. The fourth-order valence-electron chi connectivity index (χ4n) is 2.61. The van der Waals surface area contributed by atoms with Gasteiger partial charge < -0.3 is 10.5 Å². The molecule has 1 aliphatic heterocycles. The van der Waals surface area contributed by atoms with Crippen LogP contribution in [0.4, 0.5) is 0 Å². The van der Waals surface area contributed by atoms with Gasteiger partial charge in [0.05, 0.1) is 24.5 Å². The van der Waals surface area contributed by atoms with Gasteiger partial charge in [0.25, 0.3) is 0 Å². The SMILES string of the molecule is CCC(N)c1cn(CC2CCOc3ccccc32)nn1. The second-order valence-electron chi connectivity index (χ2n) is 5.25. The van der Waals surface area contributed by atoms with Crippen molar-refractivity contribution in [2.75, 3.05) is 6.61 Å². The smallest absolute Gasteiger partial charge is 0.122 e. The number of nitrogens with zero attached hydrogens (tertiary/aromatic N) is 3. The lowest BCUT2D eigenvalue weighted by molar-refractivity contribution is 0.256. The number of rotatable bonds is 4. The van der Waals surface area contributed by atoms with Crippen molar-refractivity contribution in [3.8, 4) is 5.75 Å². The maximum absolute atomic E-state index is 5.98. The first-order valence-corrected chi connectivity index (χ1v) is 7.15. The van der Waals surface area contributed by atoms with Gasteiger partial charge in [-0.05, 0) is 24.5 Å². The van der Waals surface area contributed by atoms with Gasteiger partial charge in [0.2, 0.25) is 0 Å². The predicted molar refractivity (Wildman–Crippen MR) is 76.5 cm³/mol. The van der Waals surface area contributed by atoms with Crippen molar-refractivity contribution < 1.29 is 4.74 Å². The fraction of sp³-hybridized carbons (Fsp3) is 0.467. The Balaban J connectivity index is 1.77. The zero-order valence-electron chi connectivity index (χ0n) is 11.7. The van der Waals surface area contributed by atoms with Crippen molar-refractivity contribution in [2.45, 2.75) is 38.3 Å². The summed E-state index contributed by atoms with van der Waals surface area (Å²) in [6.45, 7) is 3.64. The van der Waals surface area contributed by atoms with Crippen LogP contribution >= 0.6 is 0 Å². The minimum atomic E-state index is -0.0225. The Morgan fingerprint density at radius 1 is 1.45 bits per heavy atom. The fourth-order valence-corrected chi connectivity index (χ4v) is 2.61. The summed E-state index contributed by atoms with van der Waals surface area (Å²) in [7, 11) is 0. The number of hydrogen-bond donors (Lipinski definition) is 1. The summed E-state index contributed by atoms with van der Waals surface area (Å²) in [6, 6.07) is 8.21. The van der Waals surface area contributed by atoms with Crippen LogP contribution in [0, 0.1) is 0 Å². The Morgan fingerprint density at radius 2 is 2.30 bits per heavy atom. The standard InChI is InChI=1S/C15H20N4O/c1-2-13(16)14-10-19(18-17-14)9-11-7-8-20-15-6-4-3-5-12(11)15/h3-6,10-11,13H,2,7-9,16H2,1H3. The van der Waals surface area contributed by atoms with Gasteiger partial charge in [-0.1, -0.05) is 30.3 Å². The van der Waals surface area contributed by atoms with Gasteiger partial charge in [-0.15, -0.1) is 5.10 Å². The molecular formula is C15H20N4O. The topological polar surface area (TPSA) is 66.0 Å². The van der Waals surface area contributed by atoms with Crippen molar-refractivity contribution in [3.63, 3.8) is 0 Å². The zero-order valence-corrected chi connectivity index (χ0v) is 11.7. The molecule has 2 N–H and O–H groups in total. The molecule has 2 unspecified atom stereocenters. The molecule has 1 aliphatic rings. The van der Waals surface area contributed by atoms with Gasteiger partial charge in [0, 0.05) is 12.5 Å². The lowest BCUT2D eigenvalue weighted by Crippen LogP contribution is -2.18. The molecule has 0 amide bonds. The molecule has 2 heterocycles. The van der Waals surface area contributed by atoms with Crippen LogP contribution in [-0.2, 0) is 6.54 Å². The van der Waals surface area contributed by atoms with E-state index in [-0.39, 0.29) is 6.04 Å². The van der Waals surface area contributed by atoms with Crippen molar-refractivity contribution >= 4 is 0 Å². The molecule has 106 valence electrons. The number of para-hydroxylation sites is 1. The second kappa shape index (κ2) is 5.63. The molecule has 1 aromatic heterocycles. The Labute approximate surface area is 118 Å². The van der Waals surface area contributed by atoms with E-state index in [1.165, 1.54) is 5.56 Å². The van der Waals surface area contributed by atoms with Crippen LogP contribution < -0.4 is 10.5 Å². The molecule has 5 nitrogen and oxygen atoms in total. The summed E-state index contributed by atoms with van der Waals surface area (Å²) < 4.78 is 7.59. The highest BCUT2D eigenvalue weighted by atomic mass is 16.5. The van der Waals surface area contributed by atoms with Crippen LogP contribution in [-0.4, -0.2) is 21.6 Å². The first-order valence-electron chi connectivity index (χ1n) is 7.15. The summed E-state index contributed by atoms with van der Waals surface area (Å²) >= 11 is 0. The third kappa shape index (κ3) is 2.54. The molecule has 20 heavy (non-hydrogen) atoms. The summed E-state index contributed by atoms with van der Waals surface area (Å²) in [5.74, 6) is 1.42. The van der Waals surface area contributed by atoms with Crippen LogP contribution in [0.3, 0.4) is 0 Å². The predicted octanol–water partition coefficient (Wildman–Crippen LogP) is 2.25. The molecule has 0 bridgehead atoms. The van der Waals surface area contributed by atoms with E-state index in [4.69, 9.17) is 10.5 Å². The van der Waals surface area contributed by atoms with Gasteiger partial charge in [-0.25, -0.2) is 0 Å². The number of ether oxygens (including phenoxy) is 1. The average Bonchev–Trinajstić information content (AvgIpc) is 2.95. The van der Waals surface area contributed by atoms with Crippen molar-refractivity contribution in [1.29, 1.82) is 0 Å². The van der Waals surface area contributed by atoms with E-state index in [1.807, 2.05) is 23.0 Å². The molecule has 5 heteroatoms. The van der Waals surface area contributed by atoms with Gasteiger partial charge in [0.15, 0.2) is 0 Å². The number of benzene rings is 1. The van der Waals surface area contributed by atoms with E-state index >= 15 is 0 Å². The monoisotopic (exact) mass is 272 g/mol. The summed E-state index contributed by atoms with van der Waals surface area (Å²) in [4.78, 5) is 0. The first kappa shape index (κ1) is 13.1. The van der Waals surface area contributed by atoms with Crippen molar-refractivity contribution in [1.82, 2.24) is 15.0 Å². The van der Waals surface area contributed by atoms with Crippen LogP contribution in [0.1, 0.15) is 43.0 Å². The molecule has 3 rings (SSSR count). The molecule has 0 aliphatic carbocycles. The third-order valence-electron chi connectivity index (χ3n) is 3.87. The summed E-state index contributed by atoms with van der Waals surface area (Å²) in [6.07, 6.45) is 3.84. The van der Waals surface area contributed by atoms with E-state index < -0.39 is 0 Å². The number of aromatic nitrogens is 3. The highest BCUT2D eigenvalue weighted by Crippen LogP contribution is 2.34. The Morgan fingerprint density at radius 3 is 3.15 bits per heavy atom.